The first-order chi connectivity index (χ1) is 9.62. The van der Waals surface area contributed by atoms with Crippen LogP contribution in [0.15, 0.2) is 42.5 Å². The Labute approximate surface area is 118 Å². The summed E-state index contributed by atoms with van der Waals surface area (Å²) in [6, 6.07) is 16.7. The fourth-order valence-electron chi connectivity index (χ4n) is 1.86. The van der Waals surface area contributed by atoms with Gasteiger partial charge < -0.3 is 4.74 Å². The van der Waals surface area contributed by atoms with Crippen LogP contribution in [0.25, 0.3) is 0 Å². The van der Waals surface area contributed by atoms with Crippen LogP contribution in [0.2, 0.25) is 0 Å². The minimum absolute atomic E-state index is 0.415. The first-order valence-electron chi connectivity index (χ1n) is 6.35. The van der Waals surface area contributed by atoms with Crippen molar-refractivity contribution in [2.75, 3.05) is 0 Å². The van der Waals surface area contributed by atoms with Gasteiger partial charge >= 0.3 is 0 Å². The number of nitriles is 2. The van der Waals surface area contributed by atoms with Crippen LogP contribution in [0, 0.1) is 22.7 Å². The summed E-state index contributed by atoms with van der Waals surface area (Å²) in [6.07, 6.45) is 0. The number of rotatable bonds is 3. The van der Waals surface area contributed by atoms with Crippen LogP contribution in [-0.2, 0) is 0 Å². The van der Waals surface area contributed by atoms with Gasteiger partial charge in [-0.05, 0) is 41.8 Å². The van der Waals surface area contributed by atoms with Crippen molar-refractivity contribution in [3.05, 3.63) is 59.2 Å². The Morgan fingerprint density at radius 1 is 0.900 bits per heavy atom. The van der Waals surface area contributed by atoms with Crippen molar-refractivity contribution in [1.82, 2.24) is 0 Å². The summed E-state index contributed by atoms with van der Waals surface area (Å²) in [5.74, 6) is 1.62. The van der Waals surface area contributed by atoms with Gasteiger partial charge in [-0.25, -0.2) is 0 Å². The minimum Gasteiger partial charge on any atom is -0.457 e. The second-order valence-corrected chi connectivity index (χ2v) is 4.80. The molecule has 0 saturated carbocycles. The maximum absolute atomic E-state index is 8.95. The van der Waals surface area contributed by atoms with E-state index in [1.165, 1.54) is 11.6 Å². The molecule has 0 fully saturated rings. The van der Waals surface area contributed by atoms with E-state index in [9.17, 15) is 0 Å². The Bertz CT molecular complexity index is 673. The fraction of sp³-hybridized carbons (Fsp3) is 0.176. The molecule has 3 heteroatoms. The summed E-state index contributed by atoms with van der Waals surface area (Å²) < 4.78 is 5.75. The van der Waals surface area contributed by atoms with Gasteiger partial charge in [-0.1, -0.05) is 26.0 Å². The lowest BCUT2D eigenvalue weighted by Gasteiger charge is -2.10. The fourth-order valence-corrected chi connectivity index (χ4v) is 1.86. The predicted octanol–water partition coefficient (Wildman–Crippen LogP) is 4.35. The molecule has 0 unspecified atom stereocenters. The van der Waals surface area contributed by atoms with E-state index in [-0.39, 0.29) is 0 Å². The van der Waals surface area contributed by atoms with Gasteiger partial charge in [0.25, 0.3) is 0 Å². The highest BCUT2D eigenvalue weighted by Gasteiger charge is 2.05. The molecule has 98 valence electrons. The smallest absolute Gasteiger partial charge is 0.130 e. The van der Waals surface area contributed by atoms with E-state index in [0.717, 1.165) is 0 Å². The molecule has 2 aromatic carbocycles. The Kier molecular flexibility index (Phi) is 4.03. The molecule has 0 N–H and O–H groups in total. The molecular weight excluding hydrogens is 248 g/mol. The minimum atomic E-state index is 0.415. The van der Waals surface area contributed by atoms with E-state index in [2.05, 4.69) is 13.8 Å². The number of benzene rings is 2. The van der Waals surface area contributed by atoms with Gasteiger partial charge in [0, 0.05) is 0 Å². The third-order valence-electron chi connectivity index (χ3n) is 2.93. The zero-order valence-corrected chi connectivity index (χ0v) is 11.4. The highest BCUT2D eigenvalue weighted by atomic mass is 16.5. The molecule has 0 aliphatic carbocycles. The van der Waals surface area contributed by atoms with E-state index >= 15 is 0 Å². The Hall–Kier alpha value is -2.78. The first-order valence-corrected chi connectivity index (χ1v) is 6.35. The lowest BCUT2D eigenvalue weighted by molar-refractivity contribution is 0.481. The lowest BCUT2D eigenvalue weighted by Crippen LogP contribution is -1.91. The molecule has 20 heavy (non-hydrogen) atoms. The van der Waals surface area contributed by atoms with Crippen LogP contribution in [0.3, 0.4) is 0 Å². The van der Waals surface area contributed by atoms with Crippen molar-refractivity contribution in [2.45, 2.75) is 19.8 Å². The molecule has 0 bridgehead atoms. The van der Waals surface area contributed by atoms with Crippen LogP contribution < -0.4 is 4.74 Å². The lowest BCUT2D eigenvalue weighted by atomic mass is 10.0. The standard InChI is InChI=1S/C17H14N2O/c1-12(2)15-4-3-5-16(9-15)20-17-7-13(10-18)6-14(8-17)11-19/h3-9,12H,1-2H3. The van der Waals surface area contributed by atoms with Gasteiger partial charge in [-0.2, -0.15) is 10.5 Å². The van der Waals surface area contributed by atoms with E-state index in [4.69, 9.17) is 15.3 Å². The number of hydrogen-bond donors (Lipinski definition) is 0. The SMILES string of the molecule is CC(C)c1cccc(Oc2cc(C#N)cc(C#N)c2)c1. The average Bonchev–Trinajstić information content (AvgIpc) is 2.47. The van der Waals surface area contributed by atoms with Gasteiger partial charge in [0.1, 0.15) is 11.5 Å². The zero-order chi connectivity index (χ0) is 14.5. The second-order valence-electron chi connectivity index (χ2n) is 4.80. The highest BCUT2D eigenvalue weighted by molar-refractivity contribution is 5.47. The molecule has 2 aromatic rings. The van der Waals surface area contributed by atoms with Gasteiger partial charge in [-0.3, -0.25) is 0 Å². The monoisotopic (exact) mass is 262 g/mol. The van der Waals surface area contributed by atoms with Crippen LogP contribution in [0.4, 0.5) is 0 Å². The number of nitrogens with zero attached hydrogens (tertiary/aromatic N) is 2. The molecule has 0 atom stereocenters. The van der Waals surface area contributed by atoms with Crippen molar-refractivity contribution in [3.63, 3.8) is 0 Å². The second kappa shape index (κ2) is 5.91. The molecule has 0 aromatic heterocycles. The van der Waals surface area contributed by atoms with Crippen LogP contribution in [0.1, 0.15) is 36.5 Å². The maximum Gasteiger partial charge on any atom is 0.130 e. The third kappa shape index (κ3) is 3.16. The number of hydrogen-bond acceptors (Lipinski definition) is 3. The Morgan fingerprint density at radius 3 is 2.10 bits per heavy atom. The molecular formula is C17H14N2O. The van der Waals surface area contributed by atoms with Gasteiger partial charge in [0.15, 0.2) is 0 Å². The summed E-state index contributed by atoms with van der Waals surface area (Å²) in [6.45, 7) is 4.23. The Balaban J connectivity index is 2.33. The van der Waals surface area contributed by atoms with Gasteiger partial charge in [-0.15, -0.1) is 0 Å². The Morgan fingerprint density at radius 2 is 1.55 bits per heavy atom. The number of ether oxygens (including phenoxy) is 1. The van der Waals surface area contributed by atoms with Gasteiger partial charge in [0.2, 0.25) is 0 Å². The summed E-state index contributed by atoms with van der Waals surface area (Å²) >= 11 is 0. The molecule has 0 radical (unpaired) electrons. The van der Waals surface area contributed by atoms with Crippen molar-refractivity contribution in [2.24, 2.45) is 0 Å². The average molecular weight is 262 g/mol. The molecule has 0 spiro atoms. The van der Waals surface area contributed by atoms with Gasteiger partial charge in [0.05, 0.1) is 23.3 Å². The molecule has 0 aliphatic rings. The first kappa shape index (κ1) is 13.6. The molecule has 3 nitrogen and oxygen atoms in total. The molecule has 0 amide bonds. The molecule has 0 saturated heterocycles. The van der Waals surface area contributed by atoms with E-state index in [0.29, 0.717) is 28.5 Å². The summed E-state index contributed by atoms with van der Waals surface area (Å²) in [5.41, 5.74) is 2.01. The van der Waals surface area contributed by atoms with Crippen LogP contribution in [-0.4, -0.2) is 0 Å². The summed E-state index contributed by atoms with van der Waals surface area (Å²) in [4.78, 5) is 0. The quantitative estimate of drug-likeness (QED) is 0.826. The van der Waals surface area contributed by atoms with E-state index in [1.807, 2.05) is 36.4 Å². The summed E-state index contributed by atoms with van der Waals surface area (Å²) in [7, 11) is 0. The highest BCUT2D eigenvalue weighted by Crippen LogP contribution is 2.26. The normalized spacial score (nSPS) is 9.85. The van der Waals surface area contributed by atoms with Crippen molar-refractivity contribution in [3.8, 4) is 23.6 Å². The van der Waals surface area contributed by atoms with E-state index in [1.54, 1.807) is 12.1 Å². The molecule has 0 aliphatic heterocycles. The van der Waals surface area contributed by atoms with Crippen molar-refractivity contribution >= 4 is 0 Å². The summed E-state index contributed by atoms with van der Waals surface area (Å²) in [5, 5.41) is 17.9. The van der Waals surface area contributed by atoms with Crippen molar-refractivity contribution in [1.29, 1.82) is 10.5 Å². The van der Waals surface area contributed by atoms with Crippen LogP contribution >= 0.6 is 0 Å². The largest absolute Gasteiger partial charge is 0.457 e. The topological polar surface area (TPSA) is 56.8 Å². The van der Waals surface area contributed by atoms with Crippen LogP contribution in [0.5, 0.6) is 11.5 Å². The maximum atomic E-state index is 8.95. The molecule has 0 heterocycles. The van der Waals surface area contributed by atoms with E-state index < -0.39 is 0 Å². The predicted molar refractivity (Wildman–Crippen MR) is 76.5 cm³/mol. The molecule has 2 rings (SSSR count). The third-order valence-corrected chi connectivity index (χ3v) is 2.93. The van der Waals surface area contributed by atoms with Crippen molar-refractivity contribution < 1.29 is 4.74 Å². The zero-order valence-electron chi connectivity index (χ0n) is 11.4.